The molecule has 1 amide bonds. The SMILES string of the molecule is O=C(c1ccon1)N1C[C@@H]2CC[C@H](C1)N(CC1CCC1)C2. The standard InChI is InChI=1S/C16H23N3O2/c20-16(15-6-7-21-17-15)19-10-13-4-5-14(11-19)18(9-13)8-12-2-1-3-12/h6-7,12-14H,1-5,8-11H2/t13-,14-/m1/s1. The van der Waals surface area contributed by atoms with Gasteiger partial charge in [0, 0.05) is 38.3 Å². The largest absolute Gasteiger partial charge is 0.364 e. The van der Waals surface area contributed by atoms with Crippen molar-refractivity contribution in [2.24, 2.45) is 11.8 Å². The third-order valence-corrected chi connectivity index (χ3v) is 5.49. The third kappa shape index (κ3) is 2.59. The van der Waals surface area contributed by atoms with Crippen LogP contribution in [0.5, 0.6) is 0 Å². The van der Waals surface area contributed by atoms with E-state index in [1.807, 2.05) is 4.90 Å². The highest BCUT2D eigenvalue weighted by atomic mass is 16.5. The number of fused-ring (bicyclic) bond motifs is 4. The molecule has 3 aliphatic heterocycles. The van der Waals surface area contributed by atoms with Crippen molar-refractivity contribution < 1.29 is 9.32 Å². The number of rotatable bonds is 3. The molecule has 0 unspecified atom stereocenters. The van der Waals surface area contributed by atoms with Gasteiger partial charge in [-0.25, -0.2) is 0 Å². The van der Waals surface area contributed by atoms with Gasteiger partial charge in [-0.05, 0) is 37.5 Å². The van der Waals surface area contributed by atoms with E-state index in [1.54, 1.807) is 6.07 Å². The zero-order chi connectivity index (χ0) is 14.2. The quantitative estimate of drug-likeness (QED) is 0.854. The Kier molecular flexibility index (Phi) is 3.45. The second-order valence-corrected chi connectivity index (χ2v) is 6.94. The van der Waals surface area contributed by atoms with Crippen LogP contribution in [0.15, 0.2) is 16.9 Å². The van der Waals surface area contributed by atoms with E-state index in [0.717, 1.165) is 19.0 Å². The van der Waals surface area contributed by atoms with Crippen LogP contribution in [-0.2, 0) is 0 Å². The Morgan fingerprint density at radius 1 is 1.24 bits per heavy atom. The van der Waals surface area contributed by atoms with Crippen molar-refractivity contribution >= 4 is 5.91 Å². The average molecular weight is 289 g/mol. The molecular formula is C16H23N3O2. The first-order valence-electron chi connectivity index (χ1n) is 8.23. The Labute approximate surface area is 125 Å². The molecule has 2 bridgehead atoms. The van der Waals surface area contributed by atoms with E-state index >= 15 is 0 Å². The summed E-state index contributed by atoms with van der Waals surface area (Å²) in [5.74, 6) is 1.56. The molecule has 2 atom stereocenters. The molecule has 1 aromatic heterocycles. The average Bonchev–Trinajstić information content (AvgIpc) is 2.83. The Morgan fingerprint density at radius 2 is 2.14 bits per heavy atom. The summed E-state index contributed by atoms with van der Waals surface area (Å²) in [7, 11) is 0. The summed E-state index contributed by atoms with van der Waals surface area (Å²) in [6, 6.07) is 2.21. The van der Waals surface area contributed by atoms with Gasteiger partial charge in [-0.15, -0.1) is 0 Å². The van der Waals surface area contributed by atoms with Crippen LogP contribution in [-0.4, -0.2) is 53.1 Å². The molecule has 4 fully saturated rings. The van der Waals surface area contributed by atoms with Gasteiger partial charge in [-0.3, -0.25) is 9.69 Å². The molecule has 4 heterocycles. The lowest BCUT2D eigenvalue weighted by Gasteiger charge is -2.40. The predicted octanol–water partition coefficient (Wildman–Crippen LogP) is 2.01. The van der Waals surface area contributed by atoms with Crippen LogP contribution in [0.25, 0.3) is 0 Å². The maximum absolute atomic E-state index is 12.5. The van der Waals surface area contributed by atoms with E-state index in [0.29, 0.717) is 17.7 Å². The minimum Gasteiger partial charge on any atom is -0.364 e. The molecule has 0 spiro atoms. The number of piperidine rings is 1. The summed E-state index contributed by atoms with van der Waals surface area (Å²) in [4.78, 5) is 17.2. The lowest BCUT2D eigenvalue weighted by molar-refractivity contribution is 0.0708. The summed E-state index contributed by atoms with van der Waals surface area (Å²) >= 11 is 0. The van der Waals surface area contributed by atoms with Crippen molar-refractivity contribution in [3.05, 3.63) is 18.0 Å². The summed E-state index contributed by atoms with van der Waals surface area (Å²) in [5, 5.41) is 3.80. The molecule has 114 valence electrons. The molecule has 1 aliphatic carbocycles. The minimum atomic E-state index is 0.0335. The molecule has 0 radical (unpaired) electrons. The lowest BCUT2D eigenvalue weighted by Crippen LogP contribution is -2.47. The van der Waals surface area contributed by atoms with Crippen molar-refractivity contribution in [2.45, 2.75) is 38.1 Å². The molecule has 0 aromatic carbocycles. The van der Waals surface area contributed by atoms with Crippen LogP contribution >= 0.6 is 0 Å². The summed E-state index contributed by atoms with van der Waals surface area (Å²) < 4.78 is 4.81. The van der Waals surface area contributed by atoms with Gasteiger partial charge >= 0.3 is 0 Å². The van der Waals surface area contributed by atoms with Crippen molar-refractivity contribution in [3.63, 3.8) is 0 Å². The van der Waals surface area contributed by atoms with Crippen LogP contribution < -0.4 is 0 Å². The minimum absolute atomic E-state index is 0.0335. The fourth-order valence-electron chi connectivity index (χ4n) is 4.06. The zero-order valence-corrected chi connectivity index (χ0v) is 12.4. The summed E-state index contributed by atoms with van der Waals surface area (Å²) in [5.41, 5.74) is 0.446. The summed E-state index contributed by atoms with van der Waals surface area (Å²) in [6.07, 6.45) is 8.17. The maximum atomic E-state index is 12.5. The van der Waals surface area contributed by atoms with E-state index in [9.17, 15) is 4.79 Å². The van der Waals surface area contributed by atoms with E-state index in [1.165, 1.54) is 51.5 Å². The Morgan fingerprint density at radius 3 is 2.86 bits per heavy atom. The van der Waals surface area contributed by atoms with Gasteiger partial charge in [0.05, 0.1) is 0 Å². The smallest absolute Gasteiger partial charge is 0.276 e. The molecular weight excluding hydrogens is 266 g/mol. The van der Waals surface area contributed by atoms with Crippen molar-refractivity contribution in [2.75, 3.05) is 26.2 Å². The predicted molar refractivity (Wildman–Crippen MR) is 77.8 cm³/mol. The topological polar surface area (TPSA) is 49.6 Å². The van der Waals surface area contributed by atoms with Gasteiger partial charge in [-0.1, -0.05) is 11.6 Å². The van der Waals surface area contributed by atoms with E-state index in [4.69, 9.17) is 4.52 Å². The van der Waals surface area contributed by atoms with E-state index in [-0.39, 0.29) is 5.91 Å². The first kappa shape index (κ1) is 13.3. The number of nitrogens with zero attached hydrogens (tertiary/aromatic N) is 3. The first-order valence-corrected chi connectivity index (χ1v) is 8.23. The van der Waals surface area contributed by atoms with Crippen LogP contribution in [0.4, 0.5) is 0 Å². The third-order valence-electron chi connectivity index (χ3n) is 5.49. The molecule has 1 aromatic rings. The maximum Gasteiger partial charge on any atom is 0.276 e. The molecule has 1 saturated carbocycles. The monoisotopic (exact) mass is 289 g/mol. The molecule has 4 aliphatic rings. The highest BCUT2D eigenvalue weighted by molar-refractivity contribution is 5.92. The van der Waals surface area contributed by atoms with Crippen LogP contribution in [0.3, 0.4) is 0 Å². The number of amides is 1. The lowest BCUT2D eigenvalue weighted by atomic mass is 9.83. The zero-order valence-electron chi connectivity index (χ0n) is 12.4. The van der Waals surface area contributed by atoms with Gasteiger partial charge in [0.2, 0.25) is 0 Å². The van der Waals surface area contributed by atoms with Gasteiger partial charge in [0.1, 0.15) is 6.26 Å². The van der Waals surface area contributed by atoms with Crippen molar-refractivity contribution in [1.82, 2.24) is 15.0 Å². The fourth-order valence-corrected chi connectivity index (χ4v) is 4.06. The second kappa shape index (κ2) is 5.44. The first-order chi connectivity index (χ1) is 10.3. The van der Waals surface area contributed by atoms with E-state index < -0.39 is 0 Å². The number of hydrogen-bond acceptors (Lipinski definition) is 4. The Bertz CT molecular complexity index is 498. The van der Waals surface area contributed by atoms with Crippen molar-refractivity contribution in [3.8, 4) is 0 Å². The van der Waals surface area contributed by atoms with Gasteiger partial charge in [0.15, 0.2) is 5.69 Å². The van der Waals surface area contributed by atoms with E-state index in [2.05, 4.69) is 10.1 Å². The molecule has 3 saturated heterocycles. The second-order valence-electron chi connectivity index (χ2n) is 6.94. The van der Waals surface area contributed by atoms with Gasteiger partial charge in [-0.2, -0.15) is 0 Å². The molecule has 5 heteroatoms. The number of hydrogen-bond donors (Lipinski definition) is 0. The number of carbonyl (C=O) groups excluding carboxylic acids is 1. The molecule has 5 rings (SSSR count). The fraction of sp³-hybridized carbons (Fsp3) is 0.750. The van der Waals surface area contributed by atoms with Crippen LogP contribution in [0.1, 0.15) is 42.6 Å². The number of aromatic nitrogens is 1. The van der Waals surface area contributed by atoms with Crippen LogP contribution in [0, 0.1) is 11.8 Å². The Hall–Kier alpha value is -1.36. The molecule has 0 N–H and O–H groups in total. The van der Waals surface area contributed by atoms with Gasteiger partial charge in [0.25, 0.3) is 5.91 Å². The Balaban J connectivity index is 1.46. The highest BCUT2D eigenvalue weighted by Gasteiger charge is 2.38. The van der Waals surface area contributed by atoms with Crippen molar-refractivity contribution in [1.29, 1.82) is 0 Å². The molecule has 21 heavy (non-hydrogen) atoms. The van der Waals surface area contributed by atoms with Gasteiger partial charge < -0.3 is 9.42 Å². The van der Waals surface area contributed by atoms with Crippen LogP contribution in [0.2, 0.25) is 0 Å². The normalized spacial score (nSPS) is 30.2. The molecule has 5 nitrogen and oxygen atoms in total. The number of carbonyl (C=O) groups is 1. The highest BCUT2D eigenvalue weighted by Crippen LogP contribution is 2.33. The summed E-state index contributed by atoms with van der Waals surface area (Å²) in [6.45, 7) is 4.15.